The average Bonchev–Trinajstić information content (AvgIpc) is 2.17. The minimum Gasteiger partial charge on any atom is -0.330 e. The van der Waals surface area contributed by atoms with Crippen LogP contribution in [0.3, 0.4) is 0 Å². The van der Waals surface area contributed by atoms with Crippen molar-refractivity contribution in [3.63, 3.8) is 0 Å². The van der Waals surface area contributed by atoms with Crippen LogP contribution in [-0.4, -0.2) is 17.6 Å². The van der Waals surface area contributed by atoms with Gasteiger partial charge in [-0.2, -0.15) is 0 Å². The van der Waals surface area contributed by atoms with Crippen molar-refractivity contribution in [3.8, 4) is 0 Å². The molecule has 0 amide bonds. The average molecular weight is 197 g/mol. The molecule has 1 aromatic rings. The molecule has 0 aromatic heterocycles. The summed E-state index contributed by atoms with van der Waals surface area (Å²) in [6, 6.07) is 10.1. The summed E-state index contributed by atoms with van der Waals surface area (Å²) in [6.45, 7) is 0. The predicted octanol–water partition coefficient (Wildman–Crippen LogP) is 2.77. The van der Waals surface area contributed by atoms with Gasteiger partial charge < -0.3 is 4.90 Å². The van der Waals surface area contributed by atoms with Crippen LogP contribution >= 0.6 is 24.0 Å². The molecule has 0 aliphatic heterocycles. The predicted molar refractivity (Wildman–Crippen MR) is 61.0 cm³/mol. The highest BCUT2D eigenvalue weighted by Gasteiger charge is 2.03. The van der Waals surface area contributed by atoms with E-state index in [0.717, 1.165) is 10.0 Å². The molecule has 1 aromatic carbocycles. The molecule has 0 aliphatic carbocycles. The summed E-state index contributed by atoms with van der Waals surface area (Å²) in [5.74, 6) is 0. The summed E-state index contributed by atoms with van der Waals surface area (Å²) in [5, 5.41) is 0. The molecule has 0 spiro atoms. The van der Waals surface area contributed by atoms with E-state index in [1.165, 1.54) is 0 Å². The van der Waals surface area contributed by atoms with E-state index in [0.29, 0.717) is 0 Å². The van der Waals surface area contributed by atoms with E-state index in [1.54, 1.807) is 11.8 Å². The van der Waals surface area contributed by atoms with Crippen LogP contribution in [0.5, 0.6) is 0 Å². The Morgan fingerprint density at radius 2 is 1.92 bits per heavy atom. The molecule has 0 fully saturated rings. The van der Waals surface area contributed by atoms with Crippen molar-refractivity contribution >= 4 is 34.0 Å². The minimum atomic E-state index is 0.890. The van der Waals surface area contributed by atoms with Crippen LogP contribution in [0.4, 0.5) is 5.69 Å². The second-order valence-corrected chi connectivity index (χ2v) is 3.80. The van der Waals surface area contributed by atoms with Crippen LogP contribution in [0.15, 0.2) is 30.3 Å². The molecule has 1 rings (SSSR count). The monoisotopic (exact) mass is 197 g/mol. The Kier molecular flexibility index (Phi) is 3.56. The zero-order valence-electron chi connectivity index (χ0n) is 7.15. The molecule has 0 unspecified atom stereocenters. The van der Waals surface area contributed by atoms with Gasteiger partial charge in [-0.15, -0.1) is 11.8 Å². The summed E-state index contributed by atoms with van der Waals surface area (Å²) in [7, 11) is 1.98. The highest BCUT2D eigenvalue weighted by molar-refractivity contribution is 8.22. The van der Waals surface area contributed by atoms with Crippen molar-refractivity contribution in [2.75, 3.05) is 18.2 Å². The molecule has 0 saturated carbocycles. The first-order valence-corrected chi connectivity index (χ1v) is 5.25. The molecule has 0 heterocycles. The van der Waals surface area contributed by atoms with Gasteiger partial charge in [-0.3, -0.25) is 0 Å². The van der Waals surface area contributed by atoms with Gasteiger partial charge in [0, 0.05) is 12.7 Å². The Bertz CT molecular complexity index is 258. The molecule has 0 N–H and O–H groups in total. The quantitative estimate of drug-likeness (QED) is 0.637. The number of thioether (sulfide) groups is 1. The van der Waals surface area contributed by atoms with E-state index in [-0.39, 0.29) is 0 Å². The zero-order valence-corrected chi connectivity index (χ0v) is 8.78. The number of anilines is 1. The fourth-order valence-corrected chi connectivity index (χ4v) is 1.38. The topological polar surface area (TPSA) is 3.24 Å². The molecule has 12 heavy (non-hydrogen) atoms. The van der Waals surface area contributed by atoms with Gasteiger partial charge in [0.1, 0.15) is 4.32 Å². The van der Waals surface area contributed by atoms with Crippen molar-refractivity contribution in [2.24, 2.45) is 0 Å². The Hall–Kier alpha value is -0.540. The number of thiocarbonyl (C=S) groups is 1. The van der Waals surface area contributed by atoms with E-state index in [4.69, 9.17) is 12.2 Å². The van der Waals surface area contributed by atoms with Gasteiger partial charge in [-0.25, -0.2) is 0 Å². The summed E-state index contributed by atoms with van der Waals surface area (Å²) >= 11 is 6.73. The summed E-state index contributed by atoms with van der Waals surface area (Å²) in [6.07, 6.45) is 1.99. The van der Waals surface area contributed by atoms with Gasteiger partial charge in [-0.05, 0) is 18.4 Å². The van der Waals surface area contributed by atoms with Crippen molar-refractivity contribution in [1.29, 1.82) is 0 Å². The number of hydrogen-bond donors (Lipinski definition) is 0. The number of rotatable bonds is 1. The van der Waals surface area contributed by atoms with Gasteiger partial charge in [0.25, 0.3) is 0 Å². The van der Waals surface area contributed by atoms with Crippen molar-refractivity contribution < 1.29 is 0 Å². The van der Waals surface area contributed by atoms with E-state index in [1.807, 2.05) is 48.5 Å². The molecule has 0 radical (unpaired) electrons. The Balaban J connectivity index is 2.78. The molecule has 0 bridgehead atoms. The smallest absolute Gasteiger partial charge is 0.140 e. The second kappa shape index (κ2) is 4.48. The van der Waals surface area contributed by atoms with Crippen LogP contribution in [0.1, 0.15) is 0 Å². The fraction of sp³-hybridized carbons (Fsp3) is 0.222. The number of benzene rings is 1. The van der Waals surface area contributed by atoms with Crippen molar-refractivity contribution in [3.05, 3.63) is 30.3 Å². The summed E-state index contributed by atoms with van der Waals surface area (Å²) in [4.78, 5) is 2.00. The van der Waals surface area contributed by atoms with E-state index >= 15 is 0 Å². The largest absolute Gasteiger partial charge is 0.330 e. The van der Waals surface area contributed by atoms with E-state index < -0.39 is 0 Å². The highest BCUT2D eigenvalue weighted by Crippen LogP contribution is 2.15. The molecule has 64 valence electrons. The van der Waals surface area contributed by atoms with Gasteiger partial charge >= 0.3 is 0 Å². The first-order chi connectivity index (χ1) is 5.75. The summed E-state index contributed by atoms with van der Waals surface area (Å²) < 4.78 is 0.890. The van der Waals surface area contributed by atoms with Gasteiger partial charge in [0.2, 0.25) is 0 Å². The molecular formula is C9H11NS2. The molecule has 1 nitrogen and oxygen atoms in total. The van der Waals surface area contributed by atoms with Crippen LogP contribution < -0.4 is 4.90 Å². The normalized spacial score (nSPS) is 9.50. The van der Waals surface area contributed by atoms with Crippen LogP contribution in [-0.2, 0) is 0 Å². The lowest BCUT2D eigenvalue weighted by Crippen LogP contribution is -2.20. The van der Waals surface area contributed by atoms with Gasteiger partial charge in [-0.1, -0.05) is 30.4 Å². The fourth-order valence-electron chi connectivity index (χ4n) is 0.894. The van der Waals surface area contributed by atoms with Crippen LogP contribution in [0.2, 0.25) is 0 Å². The van der Waals surface area contributed by atoms with Crippen molar-refractivity contribution in [2.45, 2.75) is 0 Å². The lowest BCUT2D eigenvalue weighted by atomic mass is 10.3. The van der Waals surface area contributed by atoms with E-state index in [9.17, 15) is 0 Å². The SMILES string of the molecule is CSC(=S)N(C)c1ccccc1. The minimum absolute atomic E-state index is 0.890. The van der Waals surface area contributed by atoms with E-state index in [2.05, 4.69) is 0 Å². The second-order valence-electron chi connectivity index (χ2n) is 2.36. The molecule has 0 aliphatic rings. The third kappa shape index (κ3) is 2.22. The Labute approximate surface area is 82.8 Å². The molecular weight excluding hydrogens is 186 g/mol. The molecule has 0 saturated heterocycles. The third-order valence-electron chi connectivity index (χ3n) is 1.59. The third-order valence-corrected chi connectivity index (χ3v) is 2.99. The number of nitrogens with zero attached hydrogens (tertiary/aromatic N) is 1. The lowest BCUT2D eigenvalue weighted by Gasteiger charge is -2.17. The zero-order chi connectivity index (χ0) is 8.97. The van der Waals surface area contributed by atoms with Crippen LogP contribution in [0, 0.1) is 0 Å². The molecule has 3 heteroatoms. The maximum absolute atomic E-state index is 5.15. The Morgan fingerprint density at radius 3 is 2.42 bits per heavy atom. The lowest BCUT2D eigenvalue weighted by molar-refractivity contribution is 1.31. The van der Waals surface area contributed by atoms with Gasteiger partial charge in [0.15, 0.2) is 0 Å². The van der Waals surface area contributed by atoms with Crippen molar-refractivity contribution in [1.82, 2.24) is 0 Å². The number of hydrogen-bond acceptors (Lipinski definition) is 2. The highest BCUT2D eigenvalue weighted by atomic mass is 32.2. The number of para-hydroxylation sites is 1. The maximum atomic E-state index is 5.15. The van der Waals surface area contributed by atoms with Crippen LogP contribution in [0.25, 0.3) is 0 Å². The molecule has 0 atom stereocenters. The first-order valence-electron chi connectivity index (χ1n) is 3.62. The summed E-state index contributed by atoms with van der Waals surface area (Å²) in [5.41, 5.74) is 1.14. The maximum Gasteiger partial charge on any atom is 0.140 e. The standard InChI is InChI=1S/C9H11NS2/c1-10(9(11)12-2)8-6-4-3-5-7-8/h3-7H,1-2H3. The first kappa shape index (κ1) is 9.55. The Morgan fingerprint density at radius 1 is 1.33 bits per heavy atom. The van der Waals surface area contributed by atoms with Gasteiger partial charge in [0.05, 0.1) is 0 Å².